The summed E-state index contributed by atoms with van der Waals surface area (Å²) in [6.07, 6.45) is 0.00666. The Morgan fingerprint density at radius 1 is 1.03 bits per heavy atom. The molecule has 2 aliphatic heterocycles. The Balaban J connectivity index is 1.63. The Bertz CT molecular complexity index is 1040. The van der Waals surface area contributed by atoms with Crippen LogP contribution in [0.15, 0.2) is 48.5 Å². The minimum atomic E-state index is -1.10. The lowest BCUT2D eigenvalue weighted by Gasteiger charge is -2.30. The van der Waals surface area contributed by atoms with E-state index in [0.29, 0.717) is 43.4 Å². The summed E-state index contributed by atoms with van der Waals surface area (Å²) in [7, 11) is 1.58. The van der Waals surface area contributed by atoms with E-state index in [2.05, 4.69) is 0 Å². The third kappa shape index (κ3) is 5.55. The second-order valence-corrected chi connectivity index (χ2v) is 9.23. The average molecular weight is 482 g/mol. The van der Waals surface area contributed by atoms with Crippen molar-refractivity contribution < 1.29 is 33.5 Å². The van der Waals surface area contributed by atoms with Gasteiger partial charge in [-0.25, -0.2) is 0 Å². The van der Waals surface area contributed by atoms with Crippen LogP contribution in [0.1, 0.15) is 35.8 Å². The first-order chi connectivity index (χ1) is 16.9. The van der Waals surface area contributed by atoms with Crippen LogP contribution in [0.25, 0.3) is 0 Å². The minimum Gasteiger partial charge on any atom is -0.497 e. The van der Waals surface area contributed by atoms with Crippen molar-refractivity contribution in [3.05, 3.63) is 59.7 Å². The van der Waals surface area contributed by atoms with Gasteiger partial charge in [0.25, 0.3) is 5.91 Å². The maximum atomic E-state index is 13.6. The van der Waals surface area contributed by atoms with Gasteiger partial charge in [0, 0.05) is 5.56 Å². The van der Waals surface area contributed by atoms with Crippen LogP contribution in [0, 0.1) is 5.92 Å². The summed E-state index contributed by atoms with van der Waals surface area (Å²) in [5.74, 6) is -1.41. The molecule has 0 bridgehead atoms. The summed E-state index contributed by atoms with van der Waals surface area (Å²) >= 11 is 0. The monoisotopic (exact) mass is 481 g/mol. The van der Waals surface area contributed by atoms with Crippen molar-refractivity contribution in [2.45, 2.75) is 26.0 Å². The Kier molecular flexibility index (Phi) is 7.83. The highest BCUT2D eigenvalue weighted by Crippen LogP contribution is 2.38. The molecule has 4 rings (SSSR count). The lowest BCUT2D eigenvalue weighted by Crippen LogP contribution is -3.14. The van der Waals surface area contributed by atoms with Gasteiger partial charge in [-0.1, -0.05) is 12.1 Å². The van der Waals surface area contributed by atoms with Crippen molar-refractivity contribution in [2.24, 2.45) is 5.92 Å². The predicted octanol–water partition coefficient (Wildman–Crippen LogP) is 1.35. The Hall–Kier alpha value is -3.23. The molecule has 2 aromatic carbocycles. The first-order valence-corrected chi connectivity index (χ1v) is 12.1. The maximum Gasteiger partial charge on any atom is 0.291 e. The van der Waals surface area contributed by atoms with Crippen molar-refractivity contribution >= 4 is 17.5 Å². The fourth-order valence-corrected chi connectivity index (χ4v) is 4.74. The quantitative estimate of drug-likeness (QED) is 0.331. The maximum absolute atomic E-state index is 13.6. The molecule has 0 aliphatic carbocycles. The van der Waals surface area contributed by atoms with Gasteiger partial charge in [-0.05, 0) is 55.8 Å². The molecule has 0 aromatic heterocycles. The number of quaternary nitrogens is 1. The molecule has 1 N–H and O–H groups in total. The molecule has 1 amide bonds. The molecule has 2 unspecified atom stereocenters. The first-order valence-electron chi connectivity index (χ1n) is 12.1. The third-order valence-corrected chi connectivity index (χ3v) is 6.56. The zero-order valence-electron chi connectivity index (χ0n) is 20.5. The molecule has 2 heterocycles. The molecule has 0 spiro atoms. The fourth-order valence-electron chi connectivity index (χ4n) is 4.74. The number of ether oxygens (including phenoxy) is 3. The van der Waals surface area contributed by atoms with Crippen LogP contribution >= 0.6 is 0 Å². The molecular formula is C27H33N2O6+. The van der Waals surface area contributed by atoms with Gasteiger partial charge in [0.05, 0.1) is 45.6 Å². The van der Waals surface area contributed by atoms with Crippen LogP contribution in [-0.2, 0) is 14.3 Å². The molecule has 2 saturated heterocycles. The van der Waals surface area contributed by atoms with Gasteiger partial charge >= 0.3 is 0 Å². The van der Waals surface area contributed by atoms with Gasteiger partial charge in [-0.15, -0.1) is 0 Å². The SMILES string of the molecule is COc1ccc(C2C(C(=O)c3ccc(OC(C)C)cc3)C(=O)C(=O)N2CC[NH+]2CCOCC2)cc1. The molecular weight excluding hydrogens is 448 g/mol. The van der Waals surface area contributed by atoms with E-state index in [1.807, 2.05) is 26.0 Å². The largest absolute Gasteiger partial charge is 0.497 e. The Morgan fingerprint density at radius 2 is 1.66 bits per heavy atom. The van der Waals surface area contributed by atoms with E-state index in [1.165, 1.54) is 4.90 Å². The second kappa shape index (κ2) is 11.0. The van der Waals surface area contributed by atoms with E-state index in [0.717, 1.165) is 18.7 Å². The molecule has 0 radical (unpaired) electrons. The van der Waals surface area contributed by atoms with Crippen molar-refractivity contribution in [1.29, 1.82) is 0 Å². The zero-order valence-corrected chi connectivity index (χ0v) is 20.5. The van der Waals surface area contributed by atoms with E-state index >= 15 is 0 Å². The van der Waals surface area contributed by atoms with Crippen LogP contribution < -0.4 is 14.4 Å². The lowest BCUT2D eigenvalue weighted by molar-refractivity contribution is -0.907. The number of rotatable bonds is 9. The molecule has 2 atom stereocenters. The average Bonchev–Trinajstić information content (AvgIpc) is 3.12. The number of morpholine rings is 1. The molecule has 0 saturated carbocycles. The summed E-state index contributed by atoms with van der Waals surface area (Å²) in [5, 5.41) is 0. The fraction of sp³-hybridized carbons (Fsp3) is 0.444. The van der Waals surface area contributed by atoms with Gasteiger partial charge < -0.3 is 24.0 Å². The summed E-state index contributed by atoms with van der Waals surface area (Å²) in [5.41, 5.74) is 1.12. The number of hydrogen-bond acceptors (Lipinski definition) is 6. The van der Waals surface area contributed by atoms with Crippen molar-refractivity contribution in [3.63, 3.8) is 0 Å². The molecule has 8 nitrogen and oxygen atoms in total. The van der Waals surface area contributed by atoms with Gasteiger partial charge in [0.1, 0.15) is 30.5 Å². The van der Waals surface area contributed by atoms with Crippen LogP contribution in [0.3, 0.4) is 0 Å². The third-order valence-electron chi connectivity index (χ3n) is 6.56. The number of nitrogens with zero attached hydrogens (tertiary/aromatic N) is 1. The smallest absolute Gasteiger partial charge is 0.291 e. The van der Waals surface area contributed by atoms with E-state index in [-0.39, 0.29) is 11.9 Å². The molecule has 2 aliphatic rings. The zero-order chi connectivity index (χ0) is 24.9. The Morgan fingerprint density at radius 3 is 2.26 bits per heavy atom. The number of benzene rings is 2. The van der Waals surface area contributed by atoms with Gasteiger partial charge in [0.15, 0.2) is 5.78 Å². The molecule has 35 heavy (non-hydrogen) atoms. The Labute approximate surface area is 205 Å². The predicted molar refractivity (Wildman–Crippen MR) is 129 cm³/mol. The molecule has 2 fully saturated rings. The van der Waals surface area contributed by atoms with E-state index in [9.17, 15) is 14.4 Å². The summed E-state index contributed by atoms with van der Waals surface area (Å²) in [6, 6.07) is 13.3. The van der Waals surface area contributed by atoms with Crippen LogP contribution in [0.4, 0.5) is 0 Å². The van der Waals surface area contributed by atoms with Gasteiger partial charge in [0.2, 0.25) is 5.78 Å². The highest BCUT2D eigenvalue weighted by atomic mass is 16.5. The summed E-state index contributed by atoms with van der Waals surface area (Å²) in [4.78, 5) is 42.9. The normalized spacial score (nSPS) is 21.0. The number of amides is 1. The first kappa shape index (κ1) is 24.9. The summed E-state index contributed by atoms with van der Waals surface area (Å²) in [6.45, 7) is 8.01. The number of likely N-dealkylation sites (tertiary alicyclic amines) is 1. The second-order valence-electron chi connectivity index (χ2n) is 9.23. The van der Waals surface area contributed by atoms with Crippen LogP contribution in [0.5, 0.6) is 11.5 Å². The highest BCUT2D eigenvalue weighted by Gasteiger charge is 2.51. The minimum absolute atomic E-state index is 0.00666. The van der Waals surface area contributed by atoms with E-state index in [1.54, 1.807) is 48.4 Å². The number of hydrogen-bond donors (Lipinski definition) is 1. The van der Waals surface area contributed by atoms with E-state index in [4.69, 9.17) is 14.2 Å². The van der Waals surface area contributed by atoms with Gasteiger partial charge in [-0.3, -0.25) is 14.4 Å². The standard InChI is InChI=1S/C27H32N2O6/c1-18(2)35-22-10-6-20(7-11-22)25(30)23-24(19-4-8-21(33-3)9-5-19)29(27(32)26(23)31)13-12-28-14-16-34-17-15-28/h4-11,18,23-24H,12-17H2,1-3H3/p+1. The van der Waals surface area contributed by atoms with E-state index < -0.39 is 23.7 Å². The molecule has 2 aromatic rings. The number of nitrogens with one attached hydrogen (secondary N) is 1. The number of carbonyl (C=O) groups excluding carboxylic acids is 3. The van der Waals surface area contributed by atoms with Crippen molar-refractivity contribution in [2.75, 3.05) is 46.5 Å². The van der Waals surface area contributed by atoms with Crippen LogP contribution in [-0.4, -0.2) is 75.0 Å². The number of methoxy groups -OCH3 is 1. The highest BCUT2D eigenvalue weighted by molar-refractivity contribution is 6.44. The van der Waals surface area contributed by atoms with Gasteiger partial charge in [-0.2, -0.15) is 0 Å². The summed E-state index contributed by atoms with van der Waals surface area (Å²) < 4.78 is 16.4. The number of carbonyl (C=O) groups is 3. The molecule has 8 heteroatoms. The number of ketones is 2. The lowest BCUT2D eigenvalue weighted by atomic mass is 9.86. The van der Waals surface area contributed by atoms with Crippen molar-refractivity contribution in [1.82, 2.24) is 4.90 Å². The van der Waals surface area contributed by atoms with Crippen molar-refractivity contribution in [3.8, 4) is 11.5 Å². The van der Waals surface area contributed by atoms with Crippen LogP contribution in [0.2, 0.25) is 0 Å². The topological polar surface area (TPSA) is 86.6 Å². The number of Topliss-reactive ketones (excluding diaryl/α,β-unsaturated/α-hetero) is 2. The molecule has 186 valence electrons.